The van der Waals surface area contributed by atoms with Crippen molar-refractivity contribution in [3.05, 3.63) is 60.0 Å². The maximum absolute atomic E-state index is 12.9. The van der Waals surface area contributed by atoms with Gasteiger partial charge in [-0.2, -0.15) is 5.10 Å². The Balaban J connectivity index is 1.29. The summed E-state index contributed by atoms with van der Waals surface area (Å²) in [6.07, 6.45) is -0.496. The van der Waals surface area contributed by atoms with Gasteiger partial charge in [-0.25, -0.2) is 9.50 Å². The lowest BCUT2D eigenvalue weighted by atomic mass is 9.72. The average molecular weight is 483 g/mol. The van der Waals surface area contributed by atoms with Crippen LogP contribution in [-0.2, 0) is 30.0 Å². The molecule has 186 valence electrons. The molecule has 2 aromatic heterocycles. The number of anilines is 1. The molecular weight excluding hydrogens is 452 g/mol. The molecule has 0 unspecified atom stereocenters. The van der Waals surface area contributed by atoms with Crippen LogP contribution in [0.3, 0.4) is 0 Å². The third-order valence-corrected chi connectivity index (χ3v) is 7.38. The summed E-state index contributed by atoms with van der Waals surface area (Å²) in [7, 11) is 0. The monoisotopic (exact) mass is 482 g/mol. The zero-order valence-corrected chi connectivity index (χ0v) is 19.5. The van der Waals surface area contributed by atoms with Crippen molar-refractivity contribution in [1.82, 2.24) is 14.6 Å². The molecule has 2 aliphatic rings. The lowest BCUT2D eigenvalue weighted by Gasteiger charge is -2.37. The van der Waals surface area contributed by atoms with E-state index < -0.39 is 23.9 Å². The average Bonchev–Trinajstić information content (AvgIpc) is 3.41. The van der Waals surface area contributed by atoms with Crippen LogP contribution < -0.4 is 5.73 Å². The molecular formula is C25H30N4O6. The van der Waals surface area contributed by atoms with Gasteiger partial charge in [0.05, 0.1) is 12.1 Å². The van der Waals surface area contributed by atoms with Crippen LogP contribution in [0.1, 0.15) is 37.4 Å². The number of aromatic nitrogens is 3. The molecule has 2 aliphatic heterocycles. The first-order valence-electron chi connectivity index (χ1n) is 11.8. The van der Waals surface area contributed by atoms with Crippen LogP contribution in [0.4, 0.5) is 5.82 Å². The Morgan fingerprint density at radius 3 is 2.69 bits per heavy atom. The van der Waals surface area contributed by atoms with Crippen molar-refractivity contribution in [3.8, 4) is 0 Å². The van der Waals surface area contributed by atoms with E-state index in [-0.39, 0.29) is 30.2 Å². The number of esters is 1. The zero-order valence-electron chi connectivity index (χ0n) is 19.5. The van der Waals surface area contributed by atoms with E-state index in [4.69, 9.17) is 19.9 Å². The number of carbonyl (C=O) groups is 1. The van der Waals surface area contributed by atoms with Crippen molar-refractivity contribution in [2.75, 3.05) is 25.6 Å². The molecule has 4 N–H and O–H groups in total. The fourth-order valence-electron chi connectivity index (χ4n) is 5.28. The van der Waals surface area contributed by atoms with E-state index in [2.05, 4.69) is 10.1 Å². The van der Waals surface area contributed by atoms with E-state index in [0.717, 1.165) is 18.4 Å². The van der Waals surface area contributed by atoms with E-state index >= 15 is 0 Å². The molecule has 0 radical (unpaired) electrons. The first-order chi connectivity index (χ1) is 16.8. The summed E-state index contributed by atoms with van der Waals surface area (Å²) in [5.41, 5.74) is 6.42. The van der Waals surface area contributed by atoms with Crippen LogP contribution in [0.15, 0.2) is 48.8 Å². The van der Waals surface area contributed by atoms with Gasteiger partial charge in [0.15, 0.2) is 5.82 Å². The number of ether oxygens (including phenoxy) is 3. The second-order valence-corrected chi connectivity index (χ2v) is 9.48. The van der Waals surface area contributed by atoms with Crippen LogP contribution in [-0.4, -0.2) is 68.9 Å². The number of hydrogen-bond acceptors (Lipinski definition) is 9. The molecule has 10 nitrogen and oxygen atoms in total. The smallest absolute Gasteiger partial charge is 0.306 e. The predicted molar refractivity (Wildman–Crippen MR) is 125 cm³/mol. The molecule has 1 aromatic carbocycles. The van der Waals surface area contributed by atoms with Gasteiger partial charge in [-0.3, -0.25) is 4.79 Å². The van der Waals surface area contributed by atoms with Crippen LogP contribution in [0.25, 0.3) is 5.52 Å². The molecule has 3 aromatic rings. The lowest BCUT2D eigenvalue weighted by molar-refractivity contribution is -0.154. The largest absolute Gasteiger partial charge is 0.463 e. The standard InChI is InChI=1S/C25H30N4O6/c1-24(19-8-7-17-23(26)27-15-28-29(17)19)22(32)21(31)18(35-24)14-34-20(30)13-25(9-11-33-12-10-25)16-5-3-2-4-6-16/h2-8,15,18,21-22,31-32H,9-14H2,1H3,(H2,26,27,28)/t18-,21-,22-,24+/m1/s1. The number of carbonyl (C=O) groups excluding carboxylic acids is 1. The maximum atomic E-state index is 12.9. The van der Waals surface area contributed by atoms with Gasteiger partial charge in [-0.1, -0.05) is 30.3 Å². The lowest BCUT2D eigenvalue weighted by Crippen LogP contribution is -2.40. The Kier molecular flexibility index (Phi) is 6.22. The fraction of sp³-hybridized carbons (Fsp3) is 0.480. The summed E-state index contributed by atoms with van der Waals surface area (Å²) in [5.74, 6) is -0.0999. The predicted octanol–water partition coefficient (Wildman–Crippen LogP) is 1.33. The minimum atomic E-state index is -1.30. The summed E-state index contributed by atoms with van der Waals surface area (Å²) in [5, 5.41) is 25.8. The van der Waals surface area contributed by atoms with Crippen LogP contribution in [0, 0.1) is 0 Å². The molecule has 4 atom stereocenters. The number of nitrogens with two attached hydrogens (primary N) is 1. The third kappa shape index (κ3) is 4.16. The summed E-state index contributed by atoms with van der Waals surface area (Å²) >= 11 is 0. The van der Waals surface area contributed by atoms with Gasteiger partial charge < -0.3 is 30.2 Å². The normalized spacial score (nSPS) is 28.3. The molecule has 0 spiro atoms. The van der Waals surface area contributed by atoms with Gasteiger partial charge in [0.2, 0.25) is 0 Å². The van der Waals surface area contributed by atoms with Crippen molar-refractivity contribution in [2.45, 2.75) is 55.5 Å². The molecule has 0 saturated carbocycles. The molecule has 10 heteroatoms. The molecule has 35 heavy (non-hydrogen) atoms. The molecule has 0 aliphatic carbocycles. The maximum Gasteiger partial charge on any atom is 0.306 e. The quantitative estimate of drug-likeness (QED) is 0.444. The highest BCUT2D eigenvalue weighted by atomic mass is 16.6. The molecule has 5 rings (SSSR count). The van der Waals surface area contributed by atoms with Gasteiger partial charge >= 0.3 is 5.97 Å². The number of nitrogens with zero attached hydrogens (tertiary/aromatic N) is 3. The highest BCUT2D eigenvalue weighted by Crippen LogP contribution is 2.41. The Morgan fingerprint density at radius 2 is 1.94 bits per heavy atom. The van der Waals surface area contributed by atoms with Crippen LogP contribution in [0.2, 0.25) is 0 Å². The molecule has 0 amide bonds. The number of rotatable bonds is 6. The second-order valence-electron chi connectivity index (χ2n) is 9.48. The number of benzene rings is 1. The van der Waals surface area contributed by atoms with Crippen molar-refractivity contribution in [3.63, 3.8) is 0 Å². The van der Waals surface area contributed by atoms with Crippen molar-refractivity contribution in [1.29, 1.82) is 0 Å². The minimum absolute atomic E-state index is 0.186. The first-order valence-corrected chi connectivity index (χ1v) is 11.8. The Labute approximate surface area is 202 Å². The summed E-state index contributed by atoms with van der Waals surface area (Å²) in [4.78, 5) is 16.9. The third-order valence-electron chi connectivity index (χ3n) is 7.38. The zero-order chi connectivity index (χ0) is 24.6. The van der Waals surface area contributed by atoms with Gasteiger partial charge in [0.1, 0.15) is 42.4 Å². The Bertz CT molecular complexity index is 1200. The number of aliphatic hydroxyl groups is 2. The van der Waals surface area contributed by atoms with Crippen molar-refractivity contribution in [2.24, 2.45) is 0 Å². The molecule has 2 saturated heterocycles. The van der Waals surface area contributed by atoms with Gasteiger partial charge in [0, 0.05) is 18.6 Å². The number of nitrogen functional groups attached to an aromatic ring is 1. The number of hydrogen-bond donors (Lipinski definition) is 3. The topological polar surface area (TPSA) is 141 Å². The van der Waals surface area contributed by atoms with Gasteiger partial charge in [0.25, 0.3) is 0 Å². The molecule has 0 bridgehead atoms. The van der Waals surface area contributed by atoms with E-state index in [1.54, 1.807) is 19.1 Å². The van der Waals surface area contributed by atoms with E-state index in [0.29, 0.717) is 24.4 Å². The van der Waals surface area contributed by atoms with Crippen molar-refractivity contribution >= 4 is 17.3 Å². The number of aliphatic hydroxyl groups excluding tert-OH is 2. The SMILES string of the molecule is C[C@@]1(c2ccc3c(N)ncnn23)O[C@H](COC(=O)CC2(c3ccccc3)CCOCC2)[C@@H](O)[C@H]1O. The number of fused-ring (bicyclic) bond motifs is 1. The van der Waals surface area contributed by atoms with E-state index in [1.807, 2.05) is 30.3 Å². The highest BCUT2D eigenvalue weighted by Gasteiger charge is 2.54. The van der Waals surface area contributed by atoms with Crippen LogP contribution in [0.5, 0.6) is 0 Å². The minimum Gasteiger partial charge on any atom is -0.463 e. The summed E-state index contributed by atoms with van der Waals surface area (Å²) in [6.45, 7) is 2.64. The Morgan fingerprint density at radius 1 is 1.20 bits per heavy atom. The molecule has 2 fully saturated rings. The van der Waals surface area contributed by atoms with Gasteiger partial charge in [-0.05, 0) is 37.5 Å². The molecule has 4 heterocycles. The Hall–Kier alpha value is -3.05. The van der Waals surface area contributed by atoms with E-state index in [9.17, 15) is 15.0 Å². The fourth-order valence-corrected chi connectivity index (χ4v) is 5.28. The first kappa shape index (κ1) is 23.7. The van der Waals surface area contributed by atoms with Crippen molar-refractivity contribution < 1.29 is 29.2 Å². The second kappa shape index (κ2) is 9.19. The highest BCUT2D eigenvalue weighted by molar-refractivity contribution is 5.71. The van der Waals surface area contributed by atoms with E-state index in [1.165, 1.54) is 10.8 Å². The van der Waals surface area contributed by atoms with Gasteiger partial charge in [-0.15, -0.1) is 0 Å². The summed E-state index contributed by atoms with van der Waals surface area (Å²) < 4.78 is 18.7. The van der Waals surface area contributed by atoms with Crippen LogP contribution >= 0.6 is 0 Å². The summed E-state index contributed by atoms with van der Waals surface area (Å²) in [6, 6.07) is 13.4.